The largest absolute Gasteiger partial charge is 0.455 e. The average molecular weight is 704 g/mol. The van der Waals surface area contributed by atoms with E-state index in [1.54, 1.807) is 0 Å². The Kier molecular flexibility index (Phi) is 7.06. The van der Waals surface area contributed by atoms with Crippen LogP contribution in [0.25, 0.3) is 89.5 Å². The summed E-state index contributed by atoms with van der Waals surface area (Å²) in [6.45, 7) is 7.04. The standard InChI is InChI=1S/C48H37N3OSi/c1-53(2,3)40-27-25-32(26-28-40)34-15-9-16-35(29-34)36-17-10-18-37(30-36)38-19-11-20-39(31-38)47-49-46(33-13-5-4-6-14-33)50-48(51-47)43-23-12-22-42-41-21-7-8-24-44(41)52-45(42)43/h4-31H,1-3H3/i11D,19D,20D,31D. The molecule has 0 aliphatic carbocycles. The van der Waals surface area contributed by atoms with E-state index in [9.17, 15) is 1.37 Å². The van der Waals surface area contributed by atoms with E-state index in [-0.39, 0.29) is 41.1 Å². The minimum absolute atomic E-state index is 0.0535. The zero-order chi connectivity index (χ0) is 39.4. The molecule has 0 spiro atoms. The SMILES string of the molecule is [2H]c1c([2H])c(-c2cccc(-c3cccc(-c4ccc([Si](C)(C)C)cc4)c3)c2)c([2H])c(-c2nc(-c3ccccc3)nc(-c3cccc4c3oc3ccccc34)n2)c1[2H]. The van der Waals surface area contributed by atoms with Gasteiger partial charge in [-0.2, -0.15) is 0 Å². The van der Waals surface area contributed by atoms with Crippen molar-refractivity contribution in [3.63, 3.8) is 0 Å². The predicted molar refractivity (Wildman–Crippen MR) is 223 cm³/mol. The van der Waals surface area contributed by atoms with Gasteiger partial charge in [0.1, 0.15) is 11.2 Å². The Bertz CT molecular complexity index is 3000. The minimum atomic E-state index is -1.43. The topological polar surface area (TPSA) is 51.8 Å². The fraction of sp³-hybridized carbons (Fsp3) is 0.0625. The van der Waals surface area contributed by atoms with Crippen molar-refractivity contribution in [1.82, 2.24) is 15.0 Å². The first-order chi connectivity index (χ1) is 27.5. The number of furan rings is 1. The normalized spacial score (nSPS) is 12.7. The summed E-state index contributed by atoms with van der Waals surface area (Å²) in [4.78, 5) is 14.6. The molecule has 9 aromatic rings. The number of hydrogen-bond donors (Lipinski definition) is 0. The molecule has 2 heterocycles. The van der Waals surface area contributed by atoms with Gasteiger partial charge in [-0.05, 0) is 63.7 Å². The van der Waals surface area contributed by atoms with Crippen LogP contribution >= 0.6 is 0 Å². The van der Waals surface area contributed by atoms with E-state index in [0.29, 0.717) is 28.4 Å². The van der Waals surface area contributed by atoms with Gasteiger partial charge in [0.25, 0.3) is 0 Å². The molecule has 0 aliphatic rings. The summed E-state index contributed by atoms with van der Waals surface area (Å²) in [5.74, 6) is 0.727. The van der Waals surface area contributed by atoms with Crippen LogP contribution < -0.4 is 5.19 Å². The molecule has 7 aromatic carbocycles. The molecule has 0 atom stereocenters. The Morgan fingerprint density at radius 2 is 1.02 bits per heavy atom. The molecule has 5 heteroatoms. The number of benzene rings is 7. The lowest BCUT2D eigenvalue weighted by atomic mass is 9.95. The lowest BCUT2D eigenvalue weighted by molar-refractivity contribution is 0.669. The summed E-state index contributed by atoms with van der Waals surface area (Å²) in [6, 6.07) is 47.1. The molecule has 4 nitrogen and oxygen atoms in total. The van der Waals surface area contributed by atoms with Gasteiger partial charge in [-0.3, -0.25) is 0 Å². The Morgan fingerprint density at radius 1 is 0.472 bits per heavy atom. The number of hydrogen-bond acceptors (Lipinski definition) is 4. The summed E-state index contributed by atoms with van der Waals surface area (Å²) in [7, 11) is -1.43. The molecule has 9 rings (SSSR count). The van der Waals surface area contributed by atoms with Crippen molar-refractivity contribution in [2.45, 2.75) is 19.6 Å². The molecule has 0 N–H and O–H groups in total. The van der Waals surface area contributed by atoms with Crippen LogP contribution in [0.4, 0.5) is 0 Å². The number of fused-ring (bicyclic) bond motifs is 3. The summed E-state index contributed by atoms with van der Waals surface area (Å²) < 4.78 is 43.1. The van der Waals surface area contributed by atoms with E-state index in [2.05, 4.69) is 62.1 Å². The number of nitrogens with zero attached hydrogens (tertiary/aromatic N) is 3. The van der Waals surface area contributed by atoms with Gasteiger partial charge in [-0.1, -0.05) is 164 Å². The third-order valence-corrected chi connectivity index (χ3v) is 11.7. The molecular formula is C48H37N3OSi. The van der Waals surface area contributed by atoms with Crippen molar-refractivity contribution >= 4 is 35.2 Å². The molecule has 0 bridgehead atoms. The number of aromatic nitrogens is 3. The molecule has 0 unspecified atom stereocenters. The van der Waals surface area contributed by atoms with Gasteiger partial charge in [0.15, 0.2) is 17.5 Å². The maximum atomic E-state index is 9.60. The maximum absolute atomic E-state index is 9.60. The van der Waals surface area contributed by atoms with Crippen LogP contribution in [-0.4, -0.2) is 23.0 Å². The second-order valence-corrected chi connectivity index (χ2v) is 19.3. The minimum Gasteiger partial charge on any atom is -0.455 e. The molecule has 0 amide bonds. The Balaban J connectivity index is 1.19. The quantitative estimate of drug-likeness (QED) is 0.155. The highest BCUT2D eigenvalue weighted by atomic mass is 28.3. The van der Waals surface area contributed by atoms with E-state index >= 15 is 0 Å². The lowest BCUT2D eigenvalue weighted by Gasteiger charge is -2.17. The molecule has 53 heavy (non-hydrogen) atoms. The fourth-order valence-electron chi connectivity index (χ4n) is 6.74. The van der Waals surface area contributed by atoms with Gasteiger partial charge in [0.2, 0.25) is 0 Å². The molecule has 254 valence electrons. The first kappa shape index (κ1) is 28.2. The van der Waals surface area contributed by atoms with Gasteiger partial charge in [0.05, 0.1) is 19.1 Å². The third-order valence-electron chi connectivity index (χ3n) is 9.59. The molecular weight excluding hydrogens is 663 g/mol. The van der Waals surface area contributed by atoms with Crippen molar-refractivity contribution < 1.29 is 9.90 Å². The van der Waals surface area contributed by atoms with Crippen molar-refractivity contribution in [2.24, 2.45) is 0 Å². The monoisotopic (exact) mass is 703 g/mol. The van der Waals surface area contributed by atoms with Crippen molar-refractivity contribution in [1.29, 1.82) is 0 Å². The van der Waals surface area contributed by atoms with Crippen LogP contribution in [-0.2, 0) is 0 Å². The zero-order valence-corrected chi connectivity index (χ0v) is 30.6. The Morgan fingerprint density at radius 3 is 1.74 bits per heavy atom. The van der Waals surface area contributed by atoms with Gasteiger partial charge in [0, 0.05) is 21.9 Å². The fourth-order valence-corrected chi connectivity index (χ4v) is 7.91. The highest BCUT2D eigenvalue weighted by molar-refractivity contribution is 6.88. The smallest absolute Gasteiger partial charge is 0.167 e. The summed E-state index contributed by atoms with van der Waals surface area (Å²) in [5, 5.41) is 3.29. The van der Waals surface area contributed by atoms with Crippen molar-refractivity contribution in [3.05, 3.63) is 170 Å². The maximum Gasteiger partial charge on any atom is 0.167 e. The predicted octanol–water partition coefficient (Wildman–Crippen LogP) is 12.3. The van der Waals surface area contributed by atoms with E-state index < -0.39 is 8.07 Å². The van der Waals surface area contributed by atoms with Gasteiger partial charge in [-0.25, -0.2) is 15.0 Å². The van der Waals surface area contributed by atoms with E-state index in [0.717, 1.165) is 44.2 Å². The van der Waals surface area contributed by atoms with Gasteiger partial charge >= 0.3 is 0 Å². The average Bonchev–Trinajstić information content (AvgIpc) is 3.62. The van der Waals surface area contributed by atoms with Gasteiger partial charge < -0.3 is 4.42 Å². The number of rotatable bonds is 7. The van der Waals surface area contributed by atoms with Crippen molar-refractivity contribution in [2.75, 3.05) is 0 Å². The molecule has 0 fully saturated rings. The molecule has 0 radical (unpaired) electrons. The summed E-state index contributed by atoms with van der Waals surface area (Å²) in [6.07, 6.45) is 0. The van der Waals surface area contributed by atoms with Crippen LogP contribution in [0.5, 0.6) is 0 Å². The van der Waals surface area contributed by atoms with Crippen LogP contribution in [0.2, 0.25) is 19.6 Å². The molecule has 0 saturated heterocycles. The van der Waals surface area contributed by atoms with E-state index in [1.165, 1.54) is 5.19 Å². The first-order valence-corrected chi connectivity index (χ1v) is 21.2. The highest BCUT2D eigenvalue weighted by Gasteiger charge is 2.19. The van der Waals surface area contributed by atoms with Gasteiger partial charge in [-0.15, -0.1) is 0 Å². The Labute approximate surface area is 316 Å². The Hall–Kier alpha value is -6.43. The van der Waals surface area contributed by atoms with Crippen molar-refractivity contribution in [3.8, 4) is 67.5 Å². The van der Waals surface area contributed by atoms with E-state index in [1.807, 2.05) is 103 Å². The third kappa shape index (κ3) is 6.37. The highest BCUT2D eigenvalue weighted by Crippen LogP contribution is 2.36. The second-order valence-electron chi connectivity index (χ2n) is 14.2. The number of para-hydroxylation sites is 2. The summed E-state index contributed by atoms with van der Waals surface area (Å²) in [5.41, 5.74) is 7.69. The van der Waals surface area contributed by atoms with E-state index in [4.69, 9.17) is 23.5 Å². The molecule has 2 aromatic heterocycles. The molecule has 0 aliphatic heterocycles. The van der Waals surface area contributed by atoms with Crippen LogP contribution in [0, 0.1) is 0 Å². The van der Waals surface area contributed by atoms with Crippen LogP contribution in [0.1, 0.15) is 5.48 Å². The summed E-state index contributed by atoms with van der Waals surface area (Å²) >= 11 is 0. The first-order valence-electron chi connectivity index (χ1n) is 19.7. The lowest BCUT2D eigenvalue weighted by Crippen LogP contribution is -2.37. The second kappa shape index (κ2) is 13.3. The zero-order valence-electron chi connectivity index (χ0n) is 33.6. The van der Waals surface area contributed by atoms with Crippen LogP contribution in [0.15, 0.2) is 174 Å². The van der Waals surface area contributed by atoms with Crippen LogP contribution in [0.3, 0.4) is 0 Å². The molecule has 0 saturated carbocycles.